The quantitative estimate of drug-likeness (QED) is 0.0554. The van der Waals surface area contributed by atoms with Crippen molar-refractivity contribution in [2.75, 3.05) is 19.8 Å². The van der Waals surface area contributed by atoms with Crippen molar-refractivity contribution in [2.45, 2.75) is 88.5 Å². The minimum absolute atomic E-state index is 0.316. The van der Waals surface area contributed by atoms with Gasteiger partial charge in [-0.05, 0) is 25.7 Å². The molecule has 0 unspecified atom stereocenters. The lowest BCUT2D eigenvalue weighted by Gasteiger charge is -2.34. The molecule has 0 amide bonds. The van der Waals surface area contributed by atoms with Crippen molar-refractivity contribution in [3.05, 3.63) is 0 Å². The lowest BCUT2D eigenvalue weighted by molar-refractivity contribution is -0.383. The second kappa shape index (κ2) is 22.9. The van der Waals surface area contributed by atoms with Crippen LogP contribution in [0.25, 0.3) is 0 Å². The zero-order chi connectivity index (χ0) is 23.4. The Morgan fingerprint density at radius 2 is 0.968 bits per heavy atom. The minimum Gasteiger partial charge on any atom is -0.327 e. The summed E-state index contributed by atoms with van der Waals surface area (Å²) >= 11 is 35.0. The number of ether oxygens (including phenoxy) is 3. The van der Waals surface area contributed by atoms with E-state index in [-0.39, 0.29) is 13.4 Å². The van der Waals surface area contributed by atoms with Gasteiger partial charge in [0.25, 0.3) is 5.97 Å². The van der Waals surface area contributed by atoms with Gasteiger partial charge in [0.05, 0.1) is 61.8 Å². The maximum absolute atomic E-state index is 6.21. The Bertz CT molecular complexity index is 356. The van der Waals surface area contributed by atoms with E-state index in [2.05, 4.69) is 10.2 Å². The molecule has 0 atom stereocenters. The summed E-state index contributed by atoms with van der Waals surface area (Å²) in [5, 5.41) is 0. The zero-order valence-corrected chi connectivity index (χ0v) is 26.2. The first-order valence-electron chi connectivity index (χ1n) is 10.4. The van der Waals surface area contributed by atoms with E-state index in [0.717, 1.165) is 62.7 Å². The van der Waals surface area contributed by atoms with Crippen LogP contribution in [0.3, 0.4) is 0 Å². The molecule has 31 heavy (non-hydrogen) atoms. The van der Waals surface area contributed by atoms with Gasteiger partial charge in [-0.25, -0.2) is 0 Å². The monoisotopic (exact) mass is 617 g/mol. The fourth-order valence-corrected chi connectivity index (χ4v) is 6.43. The molecule has 0 spiro atoms. The molecule has 179 valence electrons. The van der Waals surface area contributed by atoms with Gasteiger partial charge < -0.3 is 14.2 Å². The smallest absolute Gasteiger partial charge is 0.282 e. The third kappa shape index (κ3) is 22.7. The number of rotatable bonds is 23. The van der Waals surface area contributed by atoms with E-state index in [0.29, 0.717) is 54.8 Å². The largest absolute Gasteiger partial charge is 0.327 e. The van der Waals surface area contributed by atoms with Crippen LogP contribution < -0.4 is 0 Å². The first-order valence-corrected chi connectivity index (χ1v) is 17.6. The van der Waals surface area contributed by atoms with Gasteiger partial charge in [-0.15, -0.1) is 69.6 Å². The predicted molar refractivity (Wildman–Crippen MR) is 142 cm³/mol. The highest BCUT2D eigenvalue weighted by Gasteiger charge is 2.33. The Kier molecular flexibility index (Phi) is 24.8. The van der Waals surface area contributed by atoms with Crippen LogP contribution in [0.5, 0.6) is 0 Å². The summed E-state index contributed by atoms with van der Waals surface area (Å²) in [6.07, 6.45) is 6.38. The second-order valence-corrected chi connectivity index (χ2v) is 17.1. The minimum atomic E-state index is -1.04. The van der Waals surface area contributed by atoms with Crippen LogP contribution in [0, 0.1) is 0 Å². The van der Waals surface area contributed by atoms with Gasteiger partial charge in [-0.2, -0.15) is 0 Å². The van der Waals surface area contributed by atoms with Crippen LogP contribution >= 0.6 is 69.6 Å². The van der Waals surface area contributed by atoms with Crippen molar-refractivity contribution in [3.8, 4) is 0 Å². The molecule has 0 N–H and O–H groups in total. The molecule has 0 saturated carbocycles. The third-order valence-electron chi connectivity index (χ3n) is 3.98. The van der Waals surface area contributed by atoms with Crippen molar-refractivity contribution >= 4 is 108 Å². The number of alkyl halides is 6. The lowest BCUT2D eigenvalue weighted by Crippen LogP contribution is -2.40. The van der Waals surface area contributed by atoms with Crippen LogP contribution in [0.2, 0.25) is 24.2 Å². The molecule has 0 saturated heterocycles. The van der Waals surface area contributed by atoms with Gasteiger partial charge in [0.2, 0.25) is 0 Å². The molecule has 0 aromatic carbocycles. The highest BCUT2D eigenvalue weighted by Crippen LogP contribution is 2.26. The first kappa shape index (κ1) is 33.5. The van der Waals surface area contributed by atoms with Crippen LogP contribution in [0.15, 0.2) is 0 Å². The highest BCUT2D eigenvalue weighted by atomic mass is 35.5. The first-order chi connectivity index (χ1) is 14.8. The normalized spacial score (nSPS) is 12.6. The number of unbranched alkanes of at least 4 members (excludes halogenated alkanes) is 2. The lowest BCUT2D eigenvalue weighted by atomic mass is 10.2. The van der Waals surface area contributed by atoms with Crippen molar-refractivity contribution in [2.24, 2.45) is 0 Å². The maximum Gasteiger partial charge on any atom is 0.282 e. The van der Waals surface area contributed by atoms with E-state index in [1.54, 1.807) is 0 Å². The summed E-state index contributed by atoms with van der Waals surface area (Å²) in [7, 11) is 5.02. The van der Waals surface area contributed by atoms with Crippen LogP contribution in [-0.2, 0) is 14.2 Å². The predicted octanol–water partition coefficient (Wildman–Crippen LogP) is 6.66. The zero-order valence-electron chi connectivity index (χ0n) is 17.6. The highest BCUT2D eigenvalue weighted by molar-refractivity contribution is 6.69. The van der Waals surface area contributed by atoms with Crippen molar-refractivity contribution < 1.29 is 14.2 Å². The summed E-state index contributed by atoms with van der Waals surface area (Å²) in [5.74, 6) is -1.04. The molecular formula is C18H31Cl6O3Si4. The van der Waals surface area contributed by atoms with Crippen molar-refractivity contribution in [3.63, 3.8) is 0 Å². The number of halogens is 6. The third-order valence-corrected chi connectivity index (χ3v) is 9.97. The number of hydrogen-bond acceptors (Lipinski definition) is 3. The molecule has 0 aromatic rings. The summed E-state index contributed by atoms with van der Waals surface area (Å²) < 4.78 is 17.7. The number of hydrogen-bond donors (Lipinski definition) is 0. The van der Waals surface area contributed by atoms with Gasteiger partial charge in [-0.1, -0.05) is 37.0 Å². The van der Waals surface area contributed by atoms with E-state index in [1.165, 1.54) is 0 Å². The molecule has 0 bridgehead atoms. The average molecular weight is 621 g/mol. The van der Waals surface area contributed by atoms with Crippen LogP contribution in [0.4, 0.5) is 0 Å². The molecule has 0 aliphatic rings. The fraction of sp³-hybridized carbons (Fsp3) is 1.00. The molecule has 0 rings (SSSR count). The van der Waals surface area contributed by atoms with Gasteiger partial charge in [-0.3, -0.25) is 0 Å². The molecule has 0 heterocycles. The Morgan fingerprint density at radius 1 is 0.581 bits per heavy atom. The van der Waals surface area contributed by atoms with E-state index in [1.807, 2.05) is 0 Å². The van der Waals surface area contributed by atoms with Crippen LogP contribution in [0.1, 0.15) is 44.9 Å². The van der Waals surface area contributed by atoms with E-state index in [9.17, 15) is 0 Å². The van der Waals surface area contributed by atoms with E-state index >= 15 is 0 Å². The van der Waals surface area contributed by atoms with E-state index in [4.69, 9.17) is 83.8 Å². The van der Waals surface area contributed by atoms with Gasteiger partial charge in [0.1, 0.15) is 0 Å². The molecule has 0 aliphatic carbocycles. The van der Waals surface area contributed by atoms with E-state index < -0.39 is 5.97 Å². The Morgan fingerprint density at radius 3 is 1.29 bits per heavy atom. The Balaban J connectivity index is 4.79. The molecule has 13 heteroatoms. The summed E-state index contributed by atoms with van der Waals surface area (Å²) in [4.78, 5) is 0. The standard InChI is InChI=1S/C18H31Cl6O3Si4/c19-15(20)29-12-4-8-25-18(7-2-1-3-11-28,26-9-5-13-30-16(21)22)27-10-6-14-31-17(23)24/h15-17H,1-14H2. The molecule has 0 aromatic heterocycles. The van der Waals surface area contributed by atoms with Crippen LogP contribution in [-0.4, -0.2) is 78.0 Å². The van der Waals surface area contributed by atoms with Gasteiger partial charge in [0, 0.05) is 16.7 Å². The summed E-state index contributed by atoms with van der Waals surface area (Å²) in [5.41, 5.74) is 0. The molecule has 3 nitrogen and oxygen atoms in total. The Hall–Kier alpha value is 2.49. The van der Waals surface area contributed by atoms with Gasteiger partial charge >= 0.3 is 0 Å². The molecule has 9 radical (unpaired) electrons. The van der Waals surface area contributed by atoms with Gasteiger partial charge in [0.15, 0.2) is 0 Å². The van der Waals surface area contributed by atoms with Crippen molar-refractivity contribution in [1.82, 2.24) is 0 Å². The molecular weight excluding hydrogens is 589 g/mol. The summed E-state index contributed by atoms with van der Waals surface area (Å²) in [6.45, 7) is 1.60. The Labute approximate surface area is 229 Å². The maximum atomic E-state index is 6.21. The van der Waals surface area contributed by atoms with Crippen molar-refractivity contribution in [1.29, 1.82) is 0 Å². The summed E-state index contributed by atoms with van der Waals surface area (Å²) in [6, 6.07) is 3.73. The SMILES string of the molecule is [Si]CCCCCC(OCCC[Si]C(Cl)Cl)(OCCC[Si]C(Cl)Cl)OCCC[Si]C(Cl)Cl. The average Bonchev–Trinajstić information content (AvgIpc) is 2.69. The second-order valence-electron chi connectivity index (χ2n) is 6.61. The topological polar surface area (TPSA) is 27.7 Å². The molecule has 0 aliphatic heterocycles. The molecule has 0 fully saturated rings. The fourth-order valence-electron chi connectivity index (χ4n) is 2.52.